The number of rotatable bonds is 10. The van der Waals surface area contributed by atoms with Crippen molar-refractivity contribution >= 4 is 31.1 Å². The van der Waals surface area contributed by atoms with E-state index in [1.807, 2.05) is 10.9 Å². The Bertz CT molecular complexity index is 1260. The van der Waals surface area contributed by atoms with Gasteiger partial charge in [-0.2, -0.15) is 13.2 Å². The van der Waals surface area contributed by atoms with Gasteiger partial charge in [0, 0.05) is 17.8 Å². The second kappa shape index (κ2) is 12.2. The molecule has 1 radical (unpaired) electrons. The van der Waals surface area contributed by atoms with Crippen molar-refractivity contribution in [3.05, 3.63) is 76.9 Å². The molecular weight excluding hydrogens is 496 g/mol. The summed E-state index contributed by atoms with van der Waals surface area (Å²) in [6, 6.07) is 10.7. The highest BCUT2D eigenvalue weighted by molar-refractivity contribution is 6.64. The number of nitrogens with two attached hydrogens (primary N) is 1. The molecule has 12 heteroatoms. The van der Waals surface area contributed by atoms with Gasteiger partial charge in [0.25, 0.3) is 7.41 Å². The van der Waals surface area contributed by atoms with E-state index in [9.17, 15) is 22.8 Å². The largest absolute Gasteiger partial charge is 0.419 e. The number of carbonyl (C=O) groups excluding carboxylic acids is 2. The molecule has 0 spiro atoms. The van der Waals surface area contributed by atoms with E-state index >= 15 is 0 Å². The van der Waals surface area contributed by atoms with Gasteiger partial charge in [-0.1, -0.05) is 24.3 Å². The summed E-state index contributed by atoms with van der Waals surface area (Å²) in [7, 11) is 1.55. The van der Waals surface area contributed by atoms with Crippen LogP contribution in [0.15, 0.2) is 48.8 Å². The van der Waals surface area contributed by atoms with E-state index < -0.39 is 17.6 Å². The molecule has 0 bridgehead atoms. The lowest BCUT2D eigenvalue weighted by molar-refractivity contribution is -0.138. The molecule has 1 aliphatic rings. The van der Waals surface area contributed by atoms with Gasteiger partial charge in [0.1, 0.15) is 0 Å². The van der Waals surface area contributed by atoms with E-state index in [-0.39, 0.29) is 36.8 Å². The molecule has 0 unspecified atom stereocenters. The Morgan fingerprint density at radius 1 is 1.08 bits per heavy atom. The molecule has 0 saturated carbocycles. The third kappa shape index (κ3) is 7.15. The topological polar surface area (TPSA) is 114 Å². The first kappa shape index (κ1) is 27.2. The minimum Gasteiger partial charge on any atom is -0.369 e. The van der Waals surface area contributed by atoms with Crippen LogP contribution in [0.4, 0.5) is 24.8 Å². The van der Waals surface area contributed by atoms with Gasteiger partial charge in [-0.25, -0.2) is 9.97 Å². The van der Waals surface area contributed by atoms with Crippen molar-refractivity contribution in [1.82, 2.24) is 19.8 Å². The number of carbonyl (C=O) groups is 2. The van der Waals surface area contributed by atoms with Crippen LogP contribution in [0.25, 0.3) is 0 Å². The summed E-state index contributed by atoms with van der Waals surface area (Å²) in [5.74, 6) is -0.208. The maximum atomic E-state index is 13.7. The number of alkyl halides is 3. The van der Waals surface area contributed by atoms with Gasteiger partial charge in [0.2, 0.25) is 11.9 Å². The number of halogens is 3. The van der Waals surface area contributed by atoms with Crippen LogP contribution in [0.2, 0.25) is 0 Å². The molecule has 3 N–H and O–H groups in total. The van der Waals surface area contributed by atoms with Crippen molar-refractivity contribution in [2.24, 2.45) is 5.73 Å². The first-order chi connectivity index (χ1) is 18.2. The Morgan fingerprint density at radius 3 is 2.45 bits per heavy atom. The summed E-state index contributed by atoms with van der Waals surface area (Å²) in [6.45, 7) is 1.56. The quantitative estimate of drug-likeness (QED) is 0.309. The molecule has 3 heterocycles. The molecule has 1 amide bonds. The first-order valence-corrected chi connectivity index (χ1v) is 12.3. The summed E-state index contributed by atoms with van der Waals surface area (Å²) in [6.07, 6.45) is 0.585. The van der Waals surface area contributed by atoms with Crippen LogP contribution in [0.1, 0.15) is 46.8 Å². The molecule has 1 saturated heterocycles. The predicted molar refractivity (Wildman–Crippen MR) is 137 cm³/mol. The van der Waals surface area contributed by atoms with Crippen molar-refractivity contribution < 1.29 is 22.8 Å². The van der Waals surface area contributed by atoms with Gasteiger partial charge in [-0.3, -0.25) is 9.78 Å². The zero-order valence-electron chi connectivity index (χ0n) is 20.6. The normalized spacial score (nSPS) is 14.7. The van der Waals surface area contributed by atoms with Gasteiger partial charge < -0.3 is 20.7 Å². The van der Waals surface area contributed by atoms with Crippen LogP contribution in [0.5, 0.6) is 0 Å². The van der Waals surface area contributed by atoms with Crippen LogP contribution in [0, 0.1) is 0 Å². The van der Waals surface area contributed by atoms with Crippen LogP contribution < -0.4 is 11.1 Å². The average molecular weight is 523 g/mol. The number of amides is 1. The Kier molecular flexibility index (Phi) is 8.72. The van der Waals surface area contributed by atoms with Gasteiger partial charge in [-0.05, 0) is 62.0 Å². The molecular formula is C26H27BF3N6O2. The van der Waals surface area contributed by atoms with E-state index in [4.69, 9.17) is 5.73 Å². The summed E-state index contributed by atoms with van der Waals surface area (Å²) in [5, 5.41) is 2.95. The molecule has 197 valence electrons. The minimum absolute atomic E-state index is 0.000757. The van der Waals surface area contributed by atoms with Crippen molar-refractivity contribution in [3.8, 4) is 0 Å². The number of aryl methyl sites for hydroxylation is 2. The summed E-state index contributed by atoms with van der Waals surface area (Å²) < 4.78 is 41.0. The molecule has 3 aromatic rings. The highest BCUT2D eigenvalue weighted by Gasteiger charge is 2.35. The number of hydrogen-bond donors (Lipinski definition) is 2. The van der Waals surface area contributed by atoms with E-state index in [1.165, 1.54) is 0 Å². The molecule has 4 rings (SSSR count). The number of nitrogens with one attached hydrogen (secondary N) is 1. The molecule has 1 fully saturated rings. The lowest BCUT2D eigenvalue weighted by Gasteiger charge is -2.30. The smallest absolute Gasteiger partial charge is 0.369 e. The second-order valence-corrected chi connectivity index (χ2v) is 9.16. The van der Waals surface area contributed by atoms with Crippen LogP contribution >= 0.6 is 0 Å². The summed E-state index contributed by atoms with van der Waals surface area (Å²) in [4.78, 5) is 36.6. The molecule has 0 atom stereocenters. The van der Waals surface area contributed by atoms with Crippen molar-refractivity contribution in [2.75, 3.05) is 18.4 Å². The summed E-state index contributed by atoms with van der Waals surface area (Å²) >= 11 is 0. The van der Waals surface area contributed by atoms with Crippen molar-refractivity contribution in [2.45, 2.75) is 44.2 Å². The third-order valence-corrected chi connectivity index (χ3v) is 6.55. The van der Waals surface area contributed by atoms with Gasteiger partial charge >= 0.3 is 6.18 Å². The number of primary amides is 1. The zero-order chi connectivity index (χ0) is 27.1. The number of hydrogen-bond acceptors (Lipinski definition) is 7. The predicted octanol–water partition coefficient (Wildman–Crippen LogP) is 3.44. The summed E-state index contributed by atoms with van der Waals surface area (Å²) in [5.41, 5.74) is 7.15. The number of aromatic nitrogens is 3. The number of benzene rings is 1. The van der Waals surface area contributed by atoms with E-state index in [0.29, 0.717) is 11.3 Å². The Hall–Kier alpha value is -3.80. The minimum atomic E-state index is -4.61. The zero-order valence-corrected chi connectivity index (χ0v) is 20.6. The molecule has 1 aliphatic heterocycles. The monoisotopic (exact) mass is 523 g/mol. The molecule has 2 aromatic heterocycles. The van der Waals surface area contributed by atoms with Crippen molar-refractivity contribution in [1.29, 1.82) is 0 Å². The fourth-order valence-corrected chi connectivity index (χ4v) is 4.60. The van der Waals surface area contributed by atoms with Crippen LogP contribution in [0.3, 0.4) is 0 Å². The second-order valence-electron chi connectivity index (χ2n) is 9.16. The van der Waals surface area contributed by atoms with E-state index in [1.54, 1.807) is 43.9 Å². The lowest BCUT2D eigenvalue weighted by Crippen LogP contribution is -2.36. The van der Waals surface area contributed by atoms with Crippen LogP contribution in [-0.4, -0.2) is 52.4 Å². The molecule has 0 aliphatic carbocycles. The molecule has 1 aromatic carbocycles. The van der Waals surface area contributed by atoms with Crippen molar-refractivity contribution in [3.63, 3.8) is 0 Å². The fourth-order valence-electron chi connectivity index (χ4n) is 4.60. The highest BCUT2D eigenvalue weighted by Crippen LogP contribution is 2.32. The Labute approximate surface area is 219 Å². The van der Waals surface area contributed by atoms with Crippen LogP contribution in [-0.2, 0) is 35.0 Å². The van der Waals surface area contributed by atoms with Gasteiger partial charge in [0.15, 0.2) is 0 Å². The maximum absolute atomic E-state index is 13.7. The van der Waals surface area contributed by atoms with E-state index in [0.717, 1.165) is 49.6 Å². The van der Waals surface area contributed by atoms with Gasteiger partial charge in [0.05, 0.1) is 35.7 Å². The fraction of sp³-hybridized carbons (Fsp3) is 0.346. The first-order valence-electron chi connectivity index (χ1n) is 12.3. The number of anilines is 2. The molecule has 8 nitrogen and oxygen atoms in total. The lowest BCUT2D eigenvalue weighted by atomic mass is 9.86. The number of piperidine rings is 1. The Morgan fingerprint density at radius 2 is 1.82 bits per heavy atom. The number of nitrogens with zero attached hydrogens (tertiary/aromatic N) is 4. The van der Waals surface area contributed by atoms with Gasteiger partial charge in [-0.15, -0.1) is 0 Å². The molecule has 38 heavy (non-hydrogen) atoms. The third-order valence-electron chi connectivity index (χ3n) is 6.55. The maximum Gasteiger partial charge on any atom is 0.419 e. The Balaban J connectivity index is 1.47. The average Bonchev–Trinajstić information content (AvgIpc) is 2.88. The van der Waals surface area contributed by atoms with E-state index in [2.05, 4.69) is 20.3 Å². The standard InChI is InChI=1S/C26H27BF3N6O2/c28-26(29,30)21-15-33-25(35-23(21)7-5-17-3-1-2-4-19(17)13-24(31)38)34-20-6-8-22(32-14-20)18-9-11-36(12-10-18)27-16-37/h1-4,6,8,14-16,18H,5,7,9-13H2,(H2,31,38)(H,33,34,35). The highest BCUT2D eigenvalue weighted by atomic mass is 19.4. The number of pyridine rings is 1. The SMILES string of the molecule is NC(=O)Cc1ccccc1CCc1nc(Nc2ccc(C3CCN([B]C=O)CC3)nc2)ncc1C(F)(F)F.